The van der Waals surface area contributed by atoms with Gasteiger partial charge >= 0.3 is 12.1 Å². The molecule has 2 aromatic rings. The zero-order valence-electron chi connectivity index (χ0n) is 25.7. The maximum Gasteiger partial charge on any atom is 0.408 e. The summed E-state index contributed by atoms with van der Waals surface area (Å²) in [4.78, 5) is 54.7. The van der Waals surface area contributed by atoms with Crippen LogP contribution in [0, 0.1) is 0 Å². The molecule has 2 rings (SSSR count). The number of benzene rings is 2. The summed E-state index contributed by atoms with van der Waals surface area (Å²) in [6, 6.07) is 13.1. The third kappa shape index (κ3) is 10.4. The summed E-state index contributed by atoms with van der Waals surface area (Å²) in [5.41, 5.74) is -0.505. The number of phenols is 1. The molecule has 0 saturated heterocycles. The van der Waals surface area contributed by atoms with Crippen molar-refractivity contribution in [2.45, 2.75) is 91.0 Å². The maximum absolute atomic E-state index is 14.6. The van der Waals surface area contributed by atoms with E-state index in [0.29, 0.717) is 12.0 Å². The molecule has 2 aromatic carbocycles. The number of ether oxygens (including phenoxy) is 2. The first-order chi connectivity index (χ1) is 19.7. The second kappa shape index (κ2) is 15.2. The molecule has 0 fully saturated rings. The topological polar surface area (TPSA) is 134 Å². The second-order valence-corrected chi connectivity index (χ2v) is 11.6. The van der Waals surface area contributed by atoms with Gasteiger partial charge in [0, 0.05) is 18.5 Å². The predicted molar refractivity (Wildman–Crippen MR) is 160 cm³/mol. The van der Waals surface area contributed by atoms with E-state index in [9.17, 15) is 24.3 Å². The lowest BCUT2D eigenvalue weighted by Gasteiger charge is -2.44. The Bertz CT molecular complexity index is 1210. The van der Waals surface area contributed by atoms with Gasteiger partial charge < -0.3 is 30.1 Å². The Morgan fingerprint density at radius 2 is 1.62 bits per heavy atom. The van der Waals surface area contributed by atoms with Gasteiger partial charge in [0.1, 0.15) is 23.4 Å². The fourth-order valence-electron chi connectivity index (χ4n) is 4.34. The van der Waals surface area contributed by atoms with Crippen molar-refractivity contribution in [3.8, 4) is 5.75 Å². The van der Waals surface area contributed by atoms with Crippen LogP contribution in [0.1, 0.15) is 78.5 Å². The number of amides is 3. The molecule has 42 heavy (non-hydrogen) atoms. The molecule has 3 amide bonds. The van der Waals surface area contributed by atoms with Crippen molar-refractivity contribution in [3.63, 3.8) is 0 Å². The monoisotopic (exact) mass is 583 g/mol. The SMILES string of the molecule is CCOC(=O)CCNC(=O)C(c1cccc(O)c1)N(C(=O)C(Cc1ccccc1)NC(=O)OC(C)(C)C)C(C)(C)CC. The smallest absolute Gasteiger partial charge is 0.408 e. The Labute approximate surface area is 248 Å². The molecule has 0 heterocycles. The van der Waals surface area contributed by atoms with Crippen LogP contribution in [0.5, 0.6) is 5.75 Å². The zero-order chi connectivity index (χ0) is 31.5. The van der Waals surface area contributed by atoms with Gasteiger partial charge in [-0.3, -0.25) is 14.4 Å². The van der Waals surface area contributed by atoms with E-state index in [1.165, 1.54) is 17.0 Å². The van der Waals surface area contributed by atoms with Crippen LogP contribution in [-0.2, 0) is 30.3 Å². The number of carbonyl (C=O) groups excluding carboxylic acids is 4. The van der Waals surface area contributed by atoms with E-state index >= 15 is 0 Å². The van der Waals surface area contributed by atoms with Gasteiger partial charge in [0.2, 0.25) is 11.8 Å². The van der Waals surface area contributed by atoms with Crippen molar-refractivity contribution in [2.75, 3.05) is 13.2 Å². The van der Waals surface area contributed by atoms with Crippen LogP contribution in [0.4, 0.5) is 4.79 Å². The summed E-state index contributed by atoms with van der Waals surface area (Å²) in [5, 5.41) is 15.8. The highest BCUT2D eigenvalue weighted by atomic mass is 16.6. The summed E-state index contributed by atoms with van der Waals surface area (Å²) in [7, 11) is 0. The van der Waals surface area contributed by atoms with E-state index in [1.807, 2.05) is 51.1 Å². The number of phenolic OH excluding ortho intramolecular Hbond substituents is 1. The van der Waals surface area contributed by atoms with Gasteiger partial charge in [-0.05, 0) is 71.2 Å². The van der Waals surface area contributed by atoms with Crippen molar-refractivity contribution >= 4 is 23.9 Å². The molecule has 2 unspecified atom stereocenters. The van der Waals surface area contributed by atoms with E-state index in [2.05, 4.69) is 10.6 Å². The fraction of sp³-hybridized carbons (Fsp3) is 0.500. The molecule has 0 aliphatic heterocycles. The lowest BCUT2D eigenvalue weighted by Crippen LogP contribution is -2.60. The van der Waals surface area contributed by atoms with Crippen molar-refractivity contribution < 1.29 is 33.8 Å². The number of alkyl carbamates (subject to hydrolysis) is 1. The highest BCUT2D eigenvalue weighted by Gasteiger charge is 2.43. The Morgan fingerprint density at radius 1 is 0.952 bits per heavy atom. The molecule has 0 spiro atoms. The van der Waals surface area contributed by atoms with E-state index in [4.69, 9.17) is 9.47 Å². The van der Waals surface area contributed by atoms with Crippen molar-refractivity contribution in [2.24, 2.45) is 0 Å². The summed E-state index contributed by atoms with van der Waals surface area (Å²) in [6.07, 6.45) is -0.200. The molecule has 0 radical (unpaired) electrons. The third-order valence-corrected chi connectivity index (χ3v) is 6.65. The quantitative estimate of drug-likeness (QED) is 0.292. The summed E-state index contributed by atoms with van der Waals surface area (Å²) in [6.45, 7) is 12.7. The average molecular weight is 584 g/mol. The number of rotatable bonds is 13. The van der Waals surface area contributed by atoms with E-state index < -0.39 is 47.1 Å². The van der Waals surface area contributed by atoms with Gasteiger partial charge in [0.15, 0.2) is 0 Å². The highest BCUT2D eigenvalue weighted by Crippen LogP contribution is 2.33. The number of nitrogens with zero attached hydrogens (tertiary/aromatic N) is 1. The first kappa shape index (κ1) is 34.1. The molecular formula is C32H45N3O7. The van der Waals surface area contributed by atoms with Gasteiger partial charge in [0.25, 0.3) is 0 Å². The number of carbonyl (C=O) groups is 4. The van der Waals surface area contributed by atoms with Gasteiger partial charge in [-0.15, -0.1) is 0 Å². The van der Waals surface area contributed by atoms with Crippen molar-refractivity contribution in [1.29, 1.82) is 0 Å². The second-order valence-electron chi connectivity index (χ2n) is 11.6. The minimum Gasteiger partial charge on any atom is -0.508 e. The Kier molecular flexibility index (Phi) is 12.4. The van der Waals surface area contributed by atoms with Crippen LogP contribution in [0.2, 0.25) is 0 Å². The molecule has 2 atom stereocenters. The largest absolute Gasteiger partial charge is 0.508 e. The van der Waals surface area contributed by atoms with E-state index in [0.717, 1.165) is 5.56 Å². The van der Waals surface area contributed by atoms with Crippen LogP contribution in [0.3, 0.4) is 0 Å². The molecule has 0 bridgehead atoms. The Hall–Kier alpha value is -4.08. The predicted octanol–water partition coefficient (Wildman–Crippen LogP) is 4.66. The van der Waals surface area contributed by atoms with Gasteiger partial charge in [-0.2, -0.15) is 0 Å². The van der Waals surface area contributed by atoms with Gasteiger partial charge in [-0.1, -0.05) is 49.4 Å². The third-order valence-electron chi connectivity index (χ3n) is 6.65. The molecule has 0 aliphatic carbocycles. The Morgan fingerprint density at radius 3 is 2.19 bits per heavy atom. The van der Waals surface area contributed by atoms with E-state index in [-0.39, 0.29) is 31.7 Å². The summed E-state index contributed by atoms with van der Waals surface area (Å²) < 4.78 is 10.4. The first-order valence-corrected chi connectivity index (χ1v) is 14.3. The number of aromatic hydroxyl groups is 1. The minimum absolute atomic E-state index is 0.00876. The molecule has 3 N–H and O–H groups in total. The minimum atomic E-state index is -1.19. The molecule has 0 aromatic heterocycles. The van der Waals surface area contributed by atoms with Crippen molar-refractivity contribution in [3.05, 3.63) is 65.7 Å². The molecule has 0 aliphatic rings. The standard InChI is InChI=1S/C32H45N3O7/c1-8-32(6,7)35(27(23-16-13-17-24(36)21-23)28(38)33-19-18-26(37)41-9-2)29(39)25(20-22-14-11-10-12-15-22)34-30(40)42-31(3,4)5/h10-17,21,25,27,36H,8-9,18-20H2,1-7H3,(H,33,38)(H,34,40). The Balaban J connectivity index is 2.58. The lowest BCUT2D eigenvalue weighted by atomic mass is 9.91. The van der Waals surface area contributed by atoms with Gasteiger partial charge in [-0.25, -0.2) is 4.79 Å². The summed E-state index contributed by atoms with van der Waals surface area (Å²) >= 11 is 0. The highest BCUT2D eigenvalue weighted by molar-refractivity contribution is 5.93. The van der Waals surface area contributed by atoms with Crippen LogP contribution < -0.4 is 10.6 Å². The number of esters is 1. The van der Waals surface area contributed by atoms with Crippen LogP contribution >= 0.6 is 0 Å². The van der Waals surface area contributed by atoms with Crippen LogP contribution in [0.25, 0.3) is 0 Å². The van der Waals surface area contributed by atoms with Crippen LogP contribution in [-0.4, -0.2) is 64.2 Å². The average Bonchev–Trinajstić information content (AvgIpc) is 2.90. The molecule has 10 nitrogen and oxygen atoms in total. The first-order valence-electron chi connectivity index (χ1n) is 14.3. The maximum atomic E-state index is 14.6. The van der Waals surface area contributed by atoms with Crippen LogP contribution in [0.15, 0.2) is 54.6 Å². The van der Waals surface area contributed by atoms with Crippen molar-refractivity contribution in [1.82, 2.24) is 15.5 Å². The van der Waals surface area contributed by atoms with E-state index in [1.54, 1.807) is 39.8 Å². The normalized spacial score (nSPS) is 12.9. The molecule has 230 valence electrons. The number of hydrogen-bond donors (Lipinski definition) is 3. The number of hydrogen-bond acceptors (Lipinski definition) is 7. The van der Waals surface area contributed by atoms with Gasteiger partial charge in [0.05, 0.1) is 13.0 Å². The molecular weight excluding hydrogens is 538 g/mol. The zero-order valence-corrected chi connectivity index (χ0v) is 25.7. The number of nitrogens with one attached hydrogen (secondary N) is 2. The fourth-order valence-corrected chi connectivity index (χ4v) is 4.34. The summed E-state index contributed by atoms with van der Waals surface area (Å²) in [5.74, 6) is -1.59. The molecule has 10 heteroatoms. The molecule has 0 saturated carbocycles. The lowest BCUT2D eigenvalue weighted by molar-refractivity contribution is -0.149.